The molecule has 0 spiro atoms. The average molecular weight is 539 g/mol. The summed E-state index contributed by atoms with van der Waals surface area (Å²) in [5.74, 6) is 0.223. The Balaban J connectivity index is 1.27. The molecule has 3 aliphatic rings. The number of halogens is 1. The van der Waals surface area contributed by atoms with Gasteiger partial charge in [-0.1, -0.05) is 6.07 Å². The van der Waals surface area contributed by atoms with Crippen LogP contribution in [0, 0.1) is 5.82 Å². The van der Waals surface area contributed by atoms with E-state index in [-0.39, 0.29) is 30.5 Å². The van der Waals surface area contributed by atoms with Gasteiger partial charge in [0.05, 0.1) is 7.11 Å². The summed E-state index contributed by atoms with van der Waals surface area (Å²) in [7, 11) is 5.61. The second kappa shape index (κ2) is 9.69. The molecule has 39 heavy (non-hydrogen) atoms. The van der Waals surface area contributed by atoms with Crippen molar-refractivity contribution in [1.29, 1.82) is 0 Å². The van der Waals surface area contributed by atoms with Crippen molar-refractivity contribution < 1.29 is 27.9 Å². The Labute approximate surface area is 224 Å². The maximum Gasteiger partial charge on any atom is 0.322 e. The van der Waals surface area contributed by atoms with Gasteiger partial charge in [-0.05, 0) is 45.1 Å². The fraction of sp³-hybridized carbons (Fsp3) is 0.444. The number of carbonyl (C=O) groups excluding carboxylic acids is 2. The largest absolute Gasteiger partial charge is 0.494 e. The molecule has 5 heterocycles. The summed E-state index contributed by atoms with van der Waals surface area (Å²) >= 11 is 0. The van der Waals surface area contributed by atoms with E-state index >= 15 is 0 Å². The van der Waals surface area contributed by atoms with E-state index in [4.69, 9.17) is 18.9 Å². The van der Waals surface area contributed by atoms with E-state index in [0.29, 0.717) is 29.2 Å². The Morgan fingerprint density at radius 2 is 2.00 bits per heavy atom. The number of aromatic nitrogens is 1. The molecule has 0 radical (unpaired) electrons. The molecule has 3 aliphatic heterocycles. The SMILES string of the molecule is COc1ccc2c(c1F)OCN(C[C@@]1(c3cc4nc(N5CCC(N(C)C)CC5)ccc4o3)NC(=O)NC1=O)C2. The van der Waals surface area contributed by atoms with E-state index in [1.165, 1.54) is 13.2 Å². The Morgan fingerprint density at radius 3 is 2.69 bits per heavy atom. The zero-order valence-corrected chi connectivity index (χ0v) is 22.1. The van der Waals surface area contributed by atoms with Crippen LogP contribution in [0.3, 0.4) is 0 Å². The van der Waals surface area contributed by atoms with Gasteiger partial charge >= 0.3 is 6.03 Å². The zero-order chi connectivity index (χ0) is 27.3. The number of nitrogens with one attached hydrogen (secondary N) is 2. The highest BCUT2D eigenvalue weighted by atomic mass is 19.1. The van der Waals surface area contributed by atoms with Gasteiger partial charge in [-0.2, -0.15) is 4.39 Å². The predicted molar refractivity (Wildman–Crippen MR) is 140 cm³/mol. The summed E-state index contributed by atoms with van der Waals surface area (Å²) in [5, 5.41) is 5.10. The van der Waals surface area contributed by atoms with Crippen LogP contribution in [0.4, 0.5) is 15.0 Å². The highest BCUT2D eigenvalue weighted by Gasteiger charge is 2.52. The Hall–Kier alpha value is -3.90. The Kier molecular flexibility index (Phi) is 6.31. The van der Waals surface area contributed by atoms with E-state index in [9.17, 15) is 14.0 Å². The number of urea groups is 1. The second-order valence-corrected chi connectivity index (χ2v) is 10.5. The van der Waals surface area contributed by atoms with Gasteiger partial charge < -0.3 is 29.0 Å². The molecule has 1 atom stereocenters. The smallest absolute Gasteiger partial charge is 0.322 e. The number of imide groups is 1. The number of carbonyl (C=O) groups is 2. The molecule has 6 rings (SSSR count). The molecule has 1 aromatic carbocycles. The molecular weight excluding hydrogens is 507 g/mol. The highest BCUT2D eigenvalue weighted by molar-refractivity contribution is 6.07. The van der Waals surface area contributed by atoms with E-state index in [0.717, 1.165) is 31.7 Å². The topological polar surface area (TPSA) is 112 Å². The van der Waals surface area contributed by atoms with Crippen LogP contribution in [0.5, 0.6) is 11.5 Å². The molecule has 3 aromatic rings. The lowest BCUT2D eigenvalue weighted by molar-refractivity contribution is -0.126. The van der Waals surface area contributed by atoms with Crippen molar-refractivity contribution in [3.05, 3.63) is 47.5 Å². The summed E-state index contributed by atoms with van der Waals surface area (Å²) in [4.78, 5) is 36.7. The summed E-state index contributed by atoms with van der Waals surface area (Å²) < 4.78 is 31.5. The third-order valence-corrected chi connectivity index (χ3v) is 7.85. The third kappa shape index (κ3) is 4.43. The van der Waals surface area contributed by atoms with Gasteiger partial charge in [0.2, 0.25) is 5.82 Å². The van der Waals surface area contributed by atoms with Gasteiger partial charge in [-0.3, -0.25) is 15.0 Å². The van der Waals surface area contributed by atoms with Crippen LogP contribution < -0.4 is 25.0 Å². The van der Waals surface area contributed by atoms with Crippen molar-refractivity contribution in [3.8, 4) is 11.5 Å². The first-order valence-corrected chi connectivity index (χ1v) is 12.9. The molecule has 2 saturated heterocycles. The number of pyridine rings is 1. The van der Waals surface area contributed by atoms with Crippen molar-refractivity contribution in [2.45, 2.75) is 31.0 Å². The van der Waals surface area contributed by atoms with Crippen molar-refractivity contribution in [1.82, 2.24) is 25.4 Å². The number of piperidine rings is 1. The molecule has 0 aliphatic carbocycles. The van der Waals surface area contributed by atoms with Gasteiger partial charge in [-0.25, -0.2) is 9.78 Å². The van der Waals surface area contributed by atoms with Crippen molar-refractivity contribution in [2.24, 2.45) is 0 Å². The number of hydrogen-bond acceptors (Lipinski definition) is 9. The average Bonchev–Trinajstić information content (AvgIpc) is 3.49. The number of nitrogens with zero attached hydrogens (tertiary/aromatic N) is 4. The molecule has 0 unspecified atom stereocenters. The summed E-state index contributed by atoms with van der Waals surface area (Å²) in [5.41, 5.74) is 0.210. The number of amides is 3. The monoisotopic (exact) mass is 538 g/mol. The quantitative estimate of drug-likeness (QED) is 0.457. The van der Waals surface area contributed by atoms with Crippen LogP contribution in [0.15, 0.2) is 34.7 Å². The maximum atomic E-state index is 14.7. The van der Waals surface area contributed by atoms with Crippen LogP contribution >= 0.6 is 0 Å². The van der Waals surface area contributed by atoms with Crippen molar-refractivity contribution in [3.63, 3.8) is 0 Å². The number of hydrogen-bond donors (Lipinski definition) is 2. The molecule has 0 bridgehead atoms. The summed E-state index contributed by atoms with van der Waals surface area (Å²) in [6.45, 7) is 2.15. The van der Waals surface area contributed by atoms with Crippen LogP contribution in [0.2, 0.25) is 0 Å². The normalized spacial score (nSPS) is 22.1. The lowest BCUT2D eigenvalue weighted by atomic mass is 9.95. The minimum absolute atomic E-state index is 0.00746. The first kappa shape index (κ1) is 25.4. The maximum absolute atomic E-state index is 14.7. The van der Waals surface area contributed by atoms with Gasteiger partial charge in [-0.15, -0.1) is 0 Å². The molecule has 2 aromatic heterocycles. The van der Waals surface area contributed by atoms with Crippen LogP contribution in [0.1, 0.15) is 24.2 Å². The molecule has 2 fully saturated rings. The zero-order valence-electron chi connectivity index (χ0n) is 22.1. The molecule has 206 valence electrons. The van der Waals surface area contributed by atoms with E-state index in [1.54, 1.807) is 17.0 Å². The number of furan rings is 1. The van der Waals surface area contributed by atoms with Gasteiger partial charge in [0, 0.05) is 43.9 Å². The number of benzene rings is 1. The third-order valence-electron chi connectivity index (χ3n) is 7.85. The van der Waals surface area contributed by atoms with Crippen molar-refractivity contribution in [2.75, 3.05) is 52.5 Å². The fourth-order valence-electron chi connectivity index (χ4n) is 5.66. The van der Waals surface area contributed by atoms with Crippen LogP contribution in [0.25, 0.3) is 11.1 Å². The van der Waals surface area contributed by atoms with Crippen LogP contribution in [-0.2, 0) is 16.9 Å². The molecule has 11 nitrogen and oxygen atoms in total. The summed E-state index contributed by atoms with van der Waals surface area (Å²) in [6.07, 6.45) is 2.10. The van der Waals surface area contributed by atoms with E-state index in [2.05, 4.69) is 34.5 Å². The first-order valence-electron chi connectivity index (χ1n) is 12.9. The Morgan fingerprint density at radius 1 is 1.21 bits per heavy atom. The first-order chi connectivity index (χ1) is 18.8. The molecule has 12 heteroatoms. The lowest BCUT2D eigenvalue weighted by Gasteiger charge is -2.35. The number of methoxy groups -OCH3 is 1. The predicted octanol–water partition coefficient (Wildman–Crippen LogP) is 2.39. The van der Waals surface area contributed by atoms with Crippen molar-refractivity contribution >= 4 is 28.9 Å². The van der Waals surface area contributed by atoms with E-state index < -0.39 is 23.3 Å². The standard InChI is InChI=1S/C27H31FN6O5/c1-32(2)17-8-10-34(11-9-17)22-7-6-19-18(29-22)12-21(39-19)27(25(35)30-26(36)31-27)14-33-13-16-4-5-20(37-3)23(28)24(16)38-15-33/h4-7,12,17H,8-11,13-15H2,1-3H3,(H2,30,31,35,36)/t27-/m0/s1. The number of anilines is 1. The minimum Gasteiger partial charge on any atom is -0.494 e. The lowest BCUT2D eigenvalue weighted by Crippen LogP contribution is -2.53. The molecule has 0 saturated carbocycles. The number of fused-ring (bicyclic) bond motifs is 2. The van der Waals surface area contributed by atoms with E-state index in [1.807, 2.05) is 12.1 Å². The second-order valence-electron chi connectivity index (χ2n) is 10.5. The van der Waals surface area contributed by atoms with Gasteiger partial charge in [0.15, 0.2) is 22.6 Å². The molecule has 3 amide bonds. The van der Waals surface area contributed by atoms with Gasteiger partial charge in [0.25, 0.3) is 5.91 Å². The number of ether oxygens (including phenoxy) is 2. The highest BCUT2D eigenvalue weighted by Crippen LogP contribution is 2.37. The van der Waals surface area contributed by atoms with Crippen LogP contribution in [-0.4, -0.2) is 80.3 Å². The number of rotatable bonds is 6. The fourth-order valence-corrected chi connectivity index (χ4v) is 5.66. The Bertz CT molecular complexity index is 1440. The van der Waals surface area contributed by atoms with Gasteiger partial charge in [0.1, 0.15) is 23.8 Å². The minimum atomic E-state index is -1.51. The summed E-state index contributed by atoms with van der Waals surface area (Å²) in [6, 6.07) is 8.66. The molecular formula is C27H31FN6O5. The molecule has 2 N–H and O–H groups in total.